The molecule has 0 aliphatic rings. The van der Waals surface area contributed by atoms with E-state index in [-0.39, 0.29) is 11.8 Å². The Morgan fingerprint density at radius 1 is 1.85 bits per heavy atom. The van der Waals surface area contributed by atoms with E-state index in [1.165, 1.54) is 0 Å². The molecule has 0 aliphatic heterocycles. The highest BCUT2D eigenvalue weighted by Crippen LogP contribution is 2.14. The van der Waals surface area contributed by atoms with Crippen molar-refractivity contribution in [2.45, 2.75) is 6.54 Å². The van der Waals surface area contributed by atoms with Gasteiger partial charge in [-0.05, 0) is 21.5 Å². The van der Waals surface area contributed by atoms with E-state index in [2.05, 4.69) is 4.98 Å². The SMILES string of the molecule is NC(=O)Cn1cc([N+](=O)[O-])nc1Cl. The van der Waals surface area contributed by atoms with Gasteiger partial charge in [0.15, 0.2) is 0 Å². The number of nitrogens with zero attached hydrogens (tertiary/aromatic N) is 3. The lowest BCUT2D eigenvalue weighted by atomic mass is 10.6. The van der Waals surface area contributed by atoms with E-state index in [0.29, 0.717) is 0 Å². The molecule has 1 rings (SSSR count). The highest BCUT2D eigenvalue weighted by molar-refractivity contribution is 6.28. The van der Waals surface area contributed by atoms with Crippen LogP contribution in [0.3, 0.4) is 0 Å². The molecule has 8 heteroatoms. The van der Waals surface area contributed by atoms with Gasteiger partial charge in [-0.2, -0.15) is 0 Å². The van der Waals surface area contributed by atoms with E-state index in [0.717, 1.165) is 10.8 Å². The molecule has 0 fully saturated rings. The molecule has 0 spiro atoms. The number of hydrogen-bond acceptors (Lipinski definition) is 4. The average molecular weight is 205 g/mol. The summed E-state index contributed by atoms with van der Waals surface area (Å²) in [5, 5.41) is 10.1. The van der Waals surface area contributed by atoms with Gasteiger partial charge in [0.25, 0.3) is 0 Å². The van der Waals surface area contributed by atoms with Crippen LogP contribution in [0.15, 0.2) is 6.20 Å². The first-order valence-corrected chi connectivity index (χ1v) is 3.54. The van der Waals surface area contributed by atoms with Gasteiger partial charge in [-0.3, -0.25) is 9.36 Å². The van der Waals surface area contributed by atoms with Crippen molar-refractivity contribution < 1.29 is 9.72 Å². The van der Waals surface area contributed by atoms with Gasteiger partial charge < -0.3 is 15.8 Å². The molecule has 0 aliphatic carbocycles. The number of carbonyl (C=O) groups is 1. The molecule has 0 radical (unpaired) electrons. The van der Waals surface area contributed by atoms with Gasteiger partial charge in [0, 0.05) is 0 Å². The summed E-state index contributed by atoms with van der Waals surface area (Å²) in [6.45, 7) is -0.223. The molecular formula is C5H5ClN4O3. The van der Waals surface area contributed by atoms with Crippen LogP contribution in [-0.2, 0) is 11.3 Å². The first-order valence-electron chi connectivity index (χ1n) is 3.16. The summed E-state index contributed by atoms with van der Waals surface area (Å²) >= 11 is 5.47. The minimum atomic E-state index is -0.705. The van der Waals surface area contributed by atoms with Crippen molar-refractivity contribution in [1.82, 2.24) is 9.55 Å². The summed E-state index contributed by atoms with van der Waals surface area (Å²) in [5.41, 5.74) is 4.86. The Labute approximate surface area is 77.3 Å². The lowest BCUT2D eigenvalue weighted by Crippen LogP contribution is -2.18. The maximum absolute atomic E-state index is 10.4. The molecule has 70 valence electrons. The van der Waals surface area contributed by atoms with E-state index in [1.54, 1.807) is 0 Å². The second-order valence-electron chi connectivity index (χ2n) is 2.22. The summed E-state index contributed by atoms with van der Waals surface area (Å²) in [4.78, 5) is 23.3. The third-order valence-corrected chi connectivity index (χ3v) is 1.53. The predicted octanol–water partition coefficient (Wildman–Crippen LogP) is -0.0700. The Morgan fingerprint density at radius 2 is 2.46 bits per heavy atom. The molecule has 0 aromatic carbocycles. The van der Waals surface area contributed by atoms with E-state index in [1.807, 2.05) is 0 Å². The number of halogens is 1. The van der Waals surface area contributed by atoms with Gasteiger partial charge >= 0.3 is 11.1 Å². The molecule has 0 unspecified atom stereocenters. The Balaban J connectivity index is 2.96. The quantitative estimate of drug-likeness (QED) is 0.550. The van der Waals surface area contributed by atoms with E-state index in [4.69, 9.17) is 17.3 Å². The first-order chi connectivity index (χ1) is 6.00. The minimum absolute atomic E-state index is 0.134. The van der Waals surface area contributed by atoms with Crippen molar-refractivity contribution in [3.05, 3.63) is 21.6 Å². The Hall–Kier alpha value is -1.63. The van der Waals surface area contributed by atoms with Crippen LogP contribution in [0, 0.1) is 10.1 Å². The van der Waals surface area contributed by atoms with Crippen molar-refractivity contribution in [3.63, 3.8) is 0 Å². The van der Waals surface area contributed by atoms with Crippen molar-refractivity contribution in [2.75, 3.05) is 0 Å². The molecule has 0 saturated heterocycles. The molecule has 7 nitrogen and oxygen atoms in total. The lowest BCUT2D eigenvalue weighted by molar-refractivity contribution is -0.389. The number of nitro groups is 1. The monoisotopic (exact) mass is 204 g/mol. The molecule has 1 aromatic rings. The minimum Gasteiger partial charge on any atom is -0.368 e. The molecule has 1 amide bonds. The Kier molecular flexibility index (Phi) is 2.47. The summed E-state index contributed by atoms with van der Waals surface area (Å²) in [7, 11) is 0. The van der Waals surface area contributed by atoms with Crippen LogP contribution < -0.4 is 5.73 Å². The first kappa shape index (κ1) is 9.46. The fourth-order valence-electron chi connectivity index (χ4n) is 0.747. The molecule has 1 heterocycles. The van der Waals surface area contributed by atoms with E-state index < -0.39 is 16.6 Å². The van der Waals surface area contributed by atoms with Gasteiger partial charge in [-0.15, -0.1) is 0 Å². The van der Waals surface area contributed by atoms with Crippen LogP contribution in [0.4, 0.5) is 5.82 Å². The van der Waals surface area contributed by atoms with Crippen molar-refractivity contribution in [3.8, 4) is 0 Å². The predicted molar refractivity (Wildman–Crippen MR) is 43.1 cm³/mol. The standard InChI is InChI=1S/C5H5ClN4O3/c6-5-8-4(10(12)13)2-9(5)1-3(7)11/h2H,1H2,(H2,7,11). The van der Waals surface area contributed by atoms with E-state index in [9.17, 15) is 14.9 Å². The summed E-state index contributed by atoms with van der Waals surface area (Å²) < 4.78 is 1.10. The lowest BCUT2D eigenvalue weighted by Gasteiger charge is -1.93. The van der Waals surface area contributed by atoms with Gasteiger partial charge in [0.1, 0.15) is 12.7 Å². The molecule has 0 atom stereocenters. The molecule has 2 N–H and O–H groups in total. The number of nitrogens with two attached hydrogens (primary N) is 1. The number of hydrogen-bond donors (Lipinski definition) is 1. The second kappa shape index (κ2) is 3.40. The van der Waals surface area contributed by atoms with Crippen molar-refractivity contribution in [1.29, 1.82) is 0 Å². The molecule has 0 bridgehead atoms. The van der Waals surface area contributed by atoms with Crippen LogP contribution in [0.2, 0.25) is 5.28 Å². The van der Waals surface area contributed by atoms with E-state index >= 15 is 0 Å². The zero-order valence-corrected chi connectivity index (χ0v) is 7.06. The van der Waals surface area contributed by atoms with Crippen LogP contribution in [0.5, 0.6) is 0 Å². The number of amides is 1. The summed E-state index contributed by atoms with van der Waals surface area (Å²) in [6.07, 6.45) is 1.05. The zero-order chi connectivity index (χ0) is 10.0. The molecule has 13 heavy (non-hydrogen) atoms. The van der Waals surface area contributed by atoms with Crippen LogP contribution >= 0.6 is 11.6 Å². The maximum Gasteiger partial charge on any atom is 0.383 e. The number of rotatable bonds is 3. The number of primary amides is 1. The topological polar surface area (TPSA) is 104 Å². The highest BCUT2D eigenvalue weighted by Gasteiger charge is 2.17. The molecule has 0 saturated carbocycles. The summed E-state index contributed by atoms with van der Waals surface area (Å²) in [5.74, 6) is -1.06. The largest absolute Gasteiger partial charge is 0.383 e. The molecular weight excluding hydrogens is 200 g/mol. The van der Waals surface area contributed by atoms with Gasteiger partial charge in [0.05, 0.1) is 0 Å². The van der Waals surface area contributed by atoms with Crippen LogP contribution in [-0.4, -0.2) is 20.4 Å². The van der Waals surface area contributed by atoms with Gasteiger partial charge in [-0.1, -0.05) is 0 Å². The third-order valence-electron chi connectivity index (χ3n) is 1.23. The smallest absolute Gasteiger partial charge is 0.368 e. The number of carbonyl (C=O) groups excluding carboxylic acids is 1. The Morgan fingerprint density at radius 3 is 2.85 bits per heavy atom. The Bertz CT molecular complexity index is 361. The van der Waals surface area contributed by atoms with Crippen LogP contribution in [0.25, 0.3) is 0 Å². The van der Waals surface area contributed by atoms with Crippen LogP contribution in [0.1, 0.15) is 0 Å². The van der Waals surface area contributed by atoms with Gasteiger partial charge in [-0.25, -0.2) is 0 Å². The number of aromatic nitrogens is 2. The van der Waals surface area contributed by atoms with Crippen molar-refractivity contribution in [2.24, 2.45) is 5.73 Å². The molecule has 1 aromatic heterocycles. The second-order valence-corrected chi connectivity index (χ2v) is 2.56. The maximum atomic E-state index is 10.4. The number of imidazole rings is 1. The highest BCUT2D eigenvalue weighted by atomic mass is 35.5. The van der Waals surface area contributed by atoms with Gasteiger partial charge in [0.2, 0.25) is 5.91 Å². The normalized spacial score (nSPS) is 9.92. The summed E-state index contributed by atoms with van der Waals surface area (Å²) in [6, 6.07) is 0. The fraction of sp³-hybridized carbons (Fsp3) is 0.200. The zero-order valence-electron chi connectivity index (χ0n) is 6.31. The van der Waals surface area contributed by atoms with Crippen molar-refractivity contribution >= 4 is 23.3 Å². The third kappa shape index (κ3) is 2.15. The average Bonchev–Trinajstić information content (AvgIpc) is 2.31. The fourth-order valence-corrected chi connectivity index (χ4v) is 0.942.